The lowest BCUT2D eigenvalue weighted by molar-refractivity contribution is 0.0702. The van der Waals surface area contributed by atoms with Gasteiger partial charge in [-0.05, 0) is 12.1 Å². The molecule has 0 saturated heterocycles. The molecule has 94 valence electrons. The Morgan fingerprint density at radius 1 is 1.39 bits per heavy atom. The summed E-state index contributed by atoms with van der Waals surface area (Å²) in [5, 5.41) is 15.0. The van der Waals surface area contributed by atoms with Crippen LogP contribution in [0, 0.1) is 0 Å². The fraction of sp³-hybridized carbons (Fsp3) is 0.200. The lowest BCUT2D eigenvalue weighted by Crippen LogP contribution is -2.25. The number of nitrogens with zero attached hydrogens (tertiary/aromatic N) is 2. The third-order valence-electron chi connectivity index (χ3n) is 2.08. The summed E-state index contributed by atoms with van der Waals surface area (Å²) < 4.78 is 4.55. The first-order valence-electron chi connectivity index (χ1n) is 5.03. The van der Waals surface area contributed by atoms with Crippen molar-refractivity contribution in [3.8, 4) is 0 Å². The van der Waals surface area contributed by atoms with E-state index in [-0.39, 0.29) is 10.8 Å². The number of amides is 1. The molecule has 2 aromatic rings. The third kappa shape index (κ3) is 2.92. The molecule has 8 heteroatoms. The molecule has 0 spiro atoms. The smallest absolute Gasteiger partial charge is 0.345 e. The van der Waals surface area contributed by atoms with E-state index in [1.54, 1.807) is 0 Å². The molecule has 0 unspecified atom stereocenters. The lowest BCUT2D eigenvalue weighted by Gasteiger charge is -2.00. The number of aromatic nitrogens is 2. The van der Waals surface area contributed by atoms with Crippen LogP contribution >= 0.6 is 11.3 Å². The molecule has 0 fully saturated rings. The molecule has 0 aliphatic carbocycles. The minimum Gasteiger partial charge on any atom is -0.477 e. The van der Waals surface area contributed by atoms with Gasteiger partial charge in [0.25, 0.3) is 5.91 Å². The van der Waals surface area contributed by atoms with Crippen molar-refractivity contribution in [2.24, 2.45) is 0 Å². The molecule has 2 rings (SSSR count). The zero-order valence-corrected chi connectivity index (χ0v) is 9.94. The monoisotopic (exact) mass is 267 g/mol. The van der Waals surface area contributed by atoms with Crippen molar-refractivity contribution in [3.05, 3.63) is 34.1 Å². The van der Waals surface area contributed by atoms with Gasteiger partial charge >= 0.3 is 5.97 Å². The topological polar surface area (TPSA) is 105 Å². The van der Waals surface area contributed by atoms with E-state index in [0.717, 1.165) is 11.3 Å². The number of rotatable bonds is 5. The fourth-order valence-corrected chi connectivity index (χ4v) is 2.01. The Kier molecular flexibility index (Phi) is 3.68. The predicted molar refractivity (Wildman–Crippen MR) is 61.6 cm³/mol. The summed E-state index contributed by atoms with van der Waals surface area (Å²) in [5.41, 5.74) is 0. The van der Waals surface area contributed by atoms with Crippen LogP contribution in [0.25, 0.3) is 0 Å². The average molecular weight is 267 g/mol. The Hall–Kier alpha value is -2.22. The van der Waals surface area contributed by atoms with E-state index in [4.69, 9.17) is 5.11 Å². The molecule has 1 amide bonds. The molecule has 0 aliphatic rings. The van der Waals surface area contributed by atoms with Gasteiger partial charge in [0, 0.05) is 13.0 Å². The van der Waals surface area contributed by atoms with Crippen molar-refractivity contribution >= 4 is 23.2 Å². The summed E-state index contributed by atoms with van der Waals surface area (Å²) >= 11 is 0.936. The molecular formula is C10H9N3O4S. The SMILES string of the molecule is O=C(O)c1ccc(C(=O)NCCc2ncon2)s1. The van der Waals surface area contributed by atoms with Crippen LogP contribution in [0.2, 0.25) is 0 Å². The summed E-state index contributed by atoms with van der Waals surface area (Å²) in [7, 11) is 0. The van der Waals surface area contributed by atoms with Crippen molar-refractivity contribution in [2.75, 3.05) is 6.54 Å². The van der Waals surface area contributed by atoms with E-state index in [2.05, 4.69) is 20.0 Å². The van der Waals surface area contributed by atoms with Crippen molar-refractivity contribution in [1.29, 1.82) is 0 Å². The van der Waals surface area contributed by atoms with Crippen LogP contribution in [0.1, 0.15) is 25.2 Å². The van der Waals surface area contributed by atoms with Gasteiger partial charge in [0.15, 0.2) is 5.82 Å². The Morgan fingerprint density at radius 2 is 2.17 bits per heavy atom. The number of carboxylic acids is 1. The first-order chi connectivity index (χ1) is 8.66. The van der Waals surface area contributed by atoms with Gasteiger partial charge in [-0.25, -0.2) is 4.79 Å². The fourth-order valence-electron chi connectivity index (χ4n) is 1.25. The second-order valence-electron chi connectivity index (χ2n) is 3.32. The van der Waals surface area contributed by atoms with Gasteiger partial charge < -0.3 is 14.9 Å². The summed E-state index contributed by atoms with van der Waals surface area (Å²) in [5.74, 6) is -0.838. The highest BCUT2D eigenvalue weighted by atomic mass is 32.1. The standard InChI is InChI=1S/C10H9N3O4S/c14-9(6-1-2-7(18-6)10(15)16)11-4-3-8-12-5-17-13-8/h1-2,5H,3-4H2,(H,11,14)(H,15,16). The molecule has 2 heterocycles. The second-order valence-corrected chi connectivity index (χ2v) is 4.41. The van der Waals surface area contributed by atoms with Gasteiger partial charge in [-0.2, -0.15) is 4.98 Å². The quantitative estimate of drug-likeness (QED) is 0.830. The van der Waals surface area contributed by atoms with Gasteiger partial charge in [-0.3, -0.25) is 4.79 Å². The minimum atomic E-state index is -1.04. The molecule has 2 aromatic heterocycles. The number of aromatic carboxylic acids is 1. The normalized spacial score (nSPS) is 10.2. The zero-order valence-electron chi connectivity index (χ0n) is 9.12. The largest absolute Gasteiger partial charge is 0.477 e. The van der Waals surface area contributed by atoms with Crippen molar-refractivity contribution in [3.63, 3.8) is 0 Å². The van der Waals surface area contributed by atoms with Gasteiger partial charge in [0.1, 0.15) is 4.88 Å². The molecule has 0 bridgehead atoms. The second kappa shape index (κ2) is 5.41. The van der Waals surface area contributed by atoms with E-state index in [1.165, 1.54) is 18.5 Å². The molecule has 7 nitrogen and oxygen atoms in total. The molecule has 2 N–H and O–H groups in total. The maximum absolute atomic E-state index is 11.7. The van der Waals surface area contributed by atoms with Crippen LogP contribution in [-0.4, -0.2) is 33.7 Å². The maximum atomic E-state index is 11.7. The lowest BCUT2D eigenvalue weighted by atomic mass is 10.3. The Labute approximate surface area is 105 Å². The van der Waals surface area contributed by atoms with Crippen LogP contribution in [0.3, 0.4) is 0 Å². The highest BCUT2D eigenvalue weighted by Crippen LogP contribution is 2.16. The highest BCUT2D eigenvalue weighted by molar-refractivity contribution is 7.15. The van der Waals surface area contributed by atoms with Crippen LogP contribution in [-0.2, 0) is 6.42 Å². The number of carbonyl (C=O) groups is 2. The average Bonchev–Trinajstić information content (AvgIpc) is 2.99. The van der Waals surface area contributed by atoms with Gasteiger partial charge in [0.05, 0.1) is 4.88 Å². The molecule has 0 aromatic carbocycles. The van der Waals surface area contributed by atoms with Gasteiger partial charge in [0.2, 0.25) is 6.39 Å². The van der Waals surface area contributed by atoms with Gasteiger partial charge in [-0.15, -0.1) is 11.3 Å². The Morgan fingerprint density at radius 3 is 2.78 bits per heavy atom. The van der Waals surface area contributed by atoms with E-state index in [0.29, 0.717) is 23.7 Å². The molecule has 0 atom stereocenters. The number of carbonyl (C=O) groups excluding carboxylic acids is 1. The zero-order chi connectivity index (χ0) is 13.0. The number of hydrogen-bond acceptors (Lipinski definition) is 6. The van der Waals surface area contributed by atoms with E-state index in [9.17, 15) is 9.59 Å². The molecule has 18 heavy (non-hydrogen) atoms. The van der Waals surface area contributed by atoms with Crippen molar-refractivity contribution < 1.29 is 19.2 Å². The first kappa shape index (κ1) is 12.2. The van der Waals surface area contributed by atoms with Crippen LogP contribution in [0.5, 0.6) is 0 Å². The summed E-state index contributed by atoms with van der Waals surface area (Å²) in [6.07, 6.45) is 1.68. The third-order valence-corrected chi connectivity index (χ3v) is 3.15. The van der Waals surface area contributed by atoms with Crippen LogP contribution in [0.15, 0.2) is 23.0 Å². The molecule has 0 aliphatic heterocycles. The number of hydrogen-bond donors (Lipinski definition) is 2. The Bertz CT molecular complexity index is 549. The number of thiophene rings is 1. The van der Waals surface area contributed by atoms with E-state index in [1.807, 2.05) is 0 Å². The molecule has 0 radical (unpaired) electrons. The summed E-state index contributed by atoms with van der Waals surface area (Å²) in [4.78, 5) is 26.6. The highest BCUT2D eigenvalue weighted by Gasteiger charge is 2.12. The Balaban J connectivity index is 1.85. The van der Waals surface area contributed by atoms with Gasteiger partial charge in [-0.1, -0.05) is 5.16 Å². The van der Waals surface area contributed by atoms with E-state index >= 15 is 0 Å². The first-order valence-corrected chi connectivity index (χ1v) is 5.85. The summed E-state index contributed by atoms with van der Waals surface area (Å²) in [6, 6.07) is 2.89. The predicted octanol–water partition coefficient (Wildman–Crippen LogP) is 0.802. The minimum absolute atomic E-state index is 0.137. The molecule has 0 saturated carbocycles. The van der Waals surface area contributed by atoms with Crippen molar-refractivity contribution in [1.82, 2.24) is 15.5 Å². The molecular weight excluding hydrogens is 258 g/mol. The number of nitrogens with one attached hydrogen (secondary N) is 1. The van der Waals surface area contributed by atoms with Crippen LogP contribution < -0.4 is 5.32 Å². The van der Waals surface area contributed by atoms with Crippen LogP contribution in [0.4, 0.5) is 0 Å². The summed E-state index contributed by atoms with van der Waals surface area (Å²) in [6.45, 7) is 0.360. The maximum Gasteiger partial charge on any atom is 0.345 e. The van der Waals surface area contributed by atoms with E-state index < -0.39 is 5.97 Å². The van der Waals surface area contributed by atoms with Crippen molar-refractivity contribution in [2.45, 2.75) is 6.42 Å². The number of carboxylic acid groups (broad SMARTS) is 1.